The molecule has 128 valence electrons. The predicted octanol–water partition coefficient (Wildman–Crippen LogP) is 2.74. The Labute approximate surface area is 143 Å². The van der Waals surface area contributed by atoms with Gasteiger partial charge in [0, 0.05) is 12.3 Å². The average Bonchev–Trinajstić information content (AvgIpc) is 3.21. The van der Waals surface area contributed by atoms with Crippen molar-refractivity contribution < 1.29 is 8.42 Å². The van der Waals surface area contributed by atoms with Crippen LogP contribution in [0.2, 0.25) is 0 Å². The van der Waals surface area contributed by atoms with Gasteiger partial charge in [-0.1, -0.05) is 6.07 Å². The summed E-state index contributed by atoms with van der Waals surface area (Å²) in [6.45, 7) is 4.20. The van der Waals surface area contributed by atoms with Gasteiger partial charge in [-0.15, -0.1) is 0 Å². The molecule has 4 rings (SSSR count). The highest BCUT2D eigenvalue weighted by Crippen LogP contribution is 2.38. The molecular weight excluding hydrogens is 322 g/mol. The van der Waals surface area contributed by atoms with E-state index in [9.17, 15) is 8.42 Å². The summed E-state index contributed by atoms with van der Waals surface area (Å²) in [5.74, 6) is 3.07. The third-order valence-corrected chi connectivity index (χ3v) is 7.00. The fourth-order valence-corrected chi connectivity index (χ4v) is 5.23. The van der Waals surface area contributed by atoms with Gasteiger partial charge >= 0.3 is 0 Å². The molecule has 0 spiro atoms. The number of hydrogen-bond acceptors (Lipinski definition) is 4. The van der Waals surface area contributed by atoms with Crippen LogP contribution in [-0.2, 0) is 16.3 Å². The summed E-state index contributed by atoms with van der Waals surface area (Å²) in [6, 6.07) is 6.31. The molecule has 1 saturated carbocycles. The smallest absolute Gasteiger partial charge is 0.154 e. The van der Waals surface area contributed by atoms with Gasteiger partial charge in [0.1, 0.15) is 5.82 Å². The molecule has 1 aromatic carbocycles. The van der Waals surface area contributed by atoms with Crippen LogP contribution in [0, 0.1) is 19.8 Å². The lowest BCUT2D eigenvalue weighted by Gasteiger charge is -2.10. The van der Waals surface area contributed by atoms with E-state index in [-0.39, 0.29) is 11.7 Å². The molecule has 0 N–H and O–H groups in total. The van der Waals surface area contributed by atoms with Crippen molar-refractivity contribution in [3.63, 3.8) is 0 Å². The zero-order valence-corrected chi connectivity index (χ0v) is 15.0. The van der Waals surface area contributed by atoms with Crippen molar-refractivity contribution in [2.24, 2.45) is 5.92 Å². The summed E-state index contributed by atoms with van der Waals surface area (Å²) in [7, 11) is -2.86. The first-order valence-corrected chi connectivity index (χ1v) is 10.5. The van der Waals surface area contributed by atoms with Crippen molar-refractivity contribution in [2.75, 3.05) is 11.5 Å². The van der Waals surface area contributed by atoms with E-state index in [4.69, 9.17) is 10.1 Å². The molecule has 1 aliphatic carbocycles. The Balaban J connectivity index is 1.68. The van der Waals surface area contributed by atoms with Crippen molar-refractivity contribution in [3.8, 4) is 5.69 Å². The number of rotatable bonds is 4. The van der Waals surface area contributed by atoms with Crippen molar-refractivity contribution in [1.29, 1.82) is 0 Å². The standard InChI is InChI=1S/C18H23N3O2S/c1-12-3-6-16(9-13(12)2)21-17(19-18(20-21)15-4-5-15)10-14-7-8-24(22,23)11-14/h3,6,9,14-15H,4-5,7-8,10-11H2,1-2H3. The second-order valence-electron chi connectivity index (χ2n) is 7.31. The van der Waals surface area contributed by atoms with Gasteiger partial charge in [-0.2, -0.15) is 5.10 Å². The van der Waals surface area contributed by atoms with Gasteiger partial charge in [-0.25, -0.2) is 18.1 Å². The minimum Gasteiger partial charge on any atom is -0.229 e. The van der Waals surface area contributed by atoms with E-state index >= 15 is 0 Å². The number of hydrogen-bond donors (Lipinski definition) is 0. The second-order valence-corrected chi connectivity index (χ2v) is 9.54. The van der Waals surface area contributed by atoms with E-state index in [0.29, 0.717) is 18.1 Å². The van der Waals surface area contributed by atoms with Crippen molar-refractivity contribution in [1.82, 2.24) is 14.8 Å². The van der Waals surface area contributed by atoms with E-state index < -0.39 is 9.84 Å². The number of aromatic nitrogens is 3. The van der Waals surface area contributed by atoms with Gasteiger partial charge in [0.25, 0.3) is 0 Å². The fraction of sp³-hybridized carbons (Fsp3) is 0.556. The van der Waals surface area contributed by atoms with Gasteiger partial charge in [0.05, 0.1) is 17.2 Å². The average molecular weight is 345 g/mol. The highest BCUT2D eigenvalue weighted by atomic mass is 32.2. The van der Waals surface area contributed by atoms with Crippen LogP contribution in [0.3, 0.4) is 0 Å². The van der Waals surface area contributed by atoms with Gasteiger partial charge in [-0.05, 0) is 62.3 Å². The molecule has 1 aliphatic heterocycles. The zero-order chi connectivity index (χ0) is 16.9. The third-order valence-electron chi connectivity index (χ3n) is 5.17. The Bertz CT molecular complexity index is 882. The monoisotopic (exact) mass is 345 g/mol. The normalized spacial score (nSPS) is 22.8. The Morgan fingerprint density at radius 1 is 1.17 bits per heavy atom. The van der Waals surface area contributed by atoms with Gasteiger partial charge in [0.15, 0.2) is 15.7 Å². The van der Waals surface area contributed by atoms with Crippen LogP contribution in [0.1, 0.15) is 48.0 Å². The summed E-state index contributed by atoms with van der Waals surface area (Å²) < 4.78 is 25.4. The Morgan fingerprint density at radius 3 is 2.58 bits per heavy atom. The summed E-state index contributed by atoms with van der Waals surface area (Å²) in [6.07, 6.45) is 3.75. The maximum absolute atomic E-state index is 11.7. The minimum absolute atomic E-state index is 0.163. The van der Waals surface area contributed by atoms with Crippen LogP contribution in [0.5, 0.6) is 0 Å². The molecule has 6 heteroatoms. The Hall–Kier alpha value is -1.69. The van der Waals surface area contributed by atoms with E-state index in [1.165, 1.54) is 11.1 Å². The van der Waals surface area contributed by atoms with Crippen molar-refractivity contribution >= 4 is 9.84 Å². The maximum Gasteiger partial charge on any atom is 0.154 e. The molecule has 2 heterocycles. The largest absolute Gasteiger partial charge is 0.229 e. The number of sulfone groups is 1. The van der Waals surface area contributed by atoms with Gasteiger partial charge < -0.3 is 0 Å². The predicted molar refractivity (Wildman–Crippen MR) is 93.3 cm³/mol. The van der Waals surface area contributed by atoms with E-state index in [2.05, 4.69) is 32.0 Å². The molecule has 0 bridgehead atoms. The summed E-state index contributed by atoms with van der Waals surface area (Å²) >= 11 is 0. The van der Waals surface area contributed by atoms with E-state index in [1.54, 1.807) is 0 Å². The Kier molecular flexibility index (Phi) is 3.75. The van der Waals surface area contributed by atoms with E-state index in [0.717, 1.165) is 36.6 Å². The van der Waals surface area contributed by atoms with Crippen LogP contribution >= 0.6 is 0 Å². The minimum atomic E-state index is -2.86. The maximum atomic E-state index is 11.7. The van der Waals surface area contributed by atoms with Crippen LogP contribution in [0.15, 0.2) is 18.2 Å². The van der Waals surface area contributed by atoms with Crippen molar-refractivity contribution in [2.45, 2.75) is 45.4 Å². The Morgan fingerprint density at radius 2 is 1.96 bits per heavy atom. The molecule has 5 nitrogen and oxygen atoms in total. The molecule has 1 aromatic heterocycles. The first kappa shape index (κ1) is 15.8. The molecule has 1 unspecified atom stereocenters. The molecule has 0 amide bonds. The van der Waals surface area contributed by atoms with Crippen LogP contribution in [0.25, 0.3) is 5.69 Å². The zero-order valence-electron chi connectivity index (χ0n) is 14.2. The number of aryl methyl sites for hydroxylation is 2. The molecule has 1 atom stereocenters. The highest BCUT2D eigenvalue weighted by molar-refractivity contribution is 7.91. The lowest BCUT2D eigenvalue weighted by atomic mass is 10.0. The molecule has 2 aliphatic rings. The molecular formula is C18H23N3O2S. The molecule has 1 saturated heterocycles. The fourth-order valence-electron chi connectivity index (χ4n) is 3.36. The lowest BCUT2D eigenvalue weighted by Crippen LogP contribution is -2.12. The number of nitrogens with zero attached hydrogens (tertiary/aromatic N) is 3. The van der Waals surface area contributed by atoms with Crippen molar-refractivity contribution in [3.05, 3.63) is 41.0 Å². The van der Waals surface area contributed by atoms with Crippen LogP contribution in [-0.4, -0.2) is 34.7 Å². The molecule has 2 fully saturated rings. The number of benzene rings is 1. The quantitative estimate of drug-likeness (QED) is 0.855. The van der Waals surface area contributed by atoms with E-state index in [1.807, 2.05) is 4.68 Å². The lowest BCUT2D eigenvalue weighted by molar-refractivity contribution is 0.559. The van der Waals surface area contributed by atoms with Gasteiger partial charge in [0.2, 0.25) is 0 Å². The molecule has 24 heavy (non-hydrogen) atoms. The molecule has 2 aromatic rings. The third kappa shape index (κ3) is 3.11. The second kappa shape index (κ2) is 5.69. The molecule has 0 radical (unpaired) electrons. The summed E-state index contributed by atoms with van der Waals surface area (Å²) in [5.41, 5.74) is 3.50. The SMILES string of the molecule is Cc1ccc(-n2nc(C3CC3)nc2CC2CCS(=O)(=O)C2)cc1C. The van der Waals surface area contributed by atoms with Crippen LogP contribution in [0.4, 0.5) is 0 Å². The highest BCUT2D eigenvalue weighted by Gasteiger charge is 2.32. The van der Waals surface area contributed by atoms with Crippen LogP contribution < -0.4 is 0 Å². The first-order chi connectivity index (χ1) is 11.4. The summed E-state index contributed by atoms with van der Waals surface area (Å²) in [5, 5.41) is 4.75. The topological polar surface area (TPSA) is 64.8 Å². The summed E-state index contributed by atoms with van der Waals surface area (Å²) in [4.78, 5) is 4.77. The first-order valence-electron chi connectivity index (χ1n) is 8.65. The van der Waals surface area contributed by atoms with Gasteiger partial charge in [-0.3, -0.25) is 0 Å².